The molecule has 1 saturated heterocycles. The van der Waals surface area contributed by atoms with Crippen LogP contribution in [0.2, 0.25) is 5.02 Å². The first-order chi connectivity index (χ1) is 13.8. The molecule has 0 spiro atoms. The standard InChI is InChI=1S/C25H34ClNO2/c1-15-12-21-25(3,11-9-22(28)27-21)19-8-10-24(2)14-18(13-20(24)23(15)19)29-17-6-4-16(26)5-7-17/h4-7,15,18-21,23H,8-14H2,1-3H3,(H,27,28)/t15?,18-,19?,20?,21?,23?,24+,25+/m0/s1. The smallest absolute Gasteiger partial charge is 0.220 e. The highest BCUT2D eigenvalue weighted by molar-refractivity contribution is 6.30. The molecule has 1 aromatic rings. The molecule has 5 unspecified atom stereocenters. The van der Waals surface area contributed by atoms with Gasteiger partial charge in [-0.1, -0.05) is 32.4 Å². The van der Waals surface area contributed by atoms with E-state index >= 15 is 0 Å². The summed E-state index contributed by atoms with van der Waals surface area (Å²) in [6.07, 6.45) is 8.12. The summed E-state index contributed by atoms with van der Waals surface area (Å²) >= 11 is 6.04. The molecule has 29 heavy (non-hydrogen) atoms. The molecular formula is C25H34ClNO2. The minimum absolute atomic E-state index is 0.260. The first-order valence-electron chi connectivity index (χ1n) is 11.5. The van der Waals surface area contributed by atoms with E-state index in [-0.39, 0.29) is 11.3 Å². The molecule has 1 aromatic carbocycles. The average molecular weight is 416 g/mol. The zero-order valence-electron chi connectivity index (χ0n) is 17.9. The van der Waals surface area contributed by atoms with Crippen LogP contribution in [0.25, 0.3) is 0 Å². The average Bonchev–Trinajstić information content (AvgIpc) is 3.01. The number of amides is 1. The Balaban J connectivity index is 1.38. The van der Waals surface area contributed by atoms with Crippen LogP contribution >= 0.6 is 11.6 Å². The van der Waals surface area contributed by atoms with E-state index in [1.54, 1.807) is 0 Å². The molecule has 4 fully saturated rings. The monoisotopic (exact) mass is 415 g/mol. The van der Waals surface area contributed by atoms with Gasteiger partial charge < -0.3 is 10.1 Å². The molecule has 0 bridgehead atoms. The largest absolute Gasteiger partial charge is 0.490 e. The molecule has 3 aliphatic carbocycles. The van der Waals surface area contributed by atoms with Gasteiger partial charge in [0.25, 0.3) is 0 Å². The van der Waals surface area contributed by atoms with Crippen molar-refractivity contribution < 1.29 is 9.53 Å². The van der Waals surface area contributed by atoms with Crippen LogP contribution in [0.1, 0.15) is 65.7 Å². The Bertz CT molecular complexity index is 795. The Morgan fingerprint density at radius 2 is 1.86 bits per heavy atom. The highest BCUT2D eigenvalue weighted by Gasteiger charge is 2.61. The molecular weight excluding hydrogens is 382 g/mol. The lowest BCUT2D eigenvalue weighted by molar-refractivity contribution is -0.141. The molecule has 8 atom stereocenters. The van der Waals surface area contributed by atoms with Gasteiger partial charge in [-0.3, -0.25) is 4.79 Å². The van der Waals surface area contributed by atoms with Gasteiger partial charge in [0.05, 0.1) is 6.10 Å². The Morgan fingerprint density at radius 1 is 1.10 bits per heavy atom. The SMILES string of the molecule is CC1CC2NC(=O)CC[C@]2(C)C2CC[C@]3(C)C[C@@H](Oc4ccc(Cl)cc4)CC3C12. The predicted octanol–water partition coefficient (Wildman–Crippen LogP) is 5.85. The van der Waals surface area contributed by atoms with Gasteiger partial charge in [0.2, 0.25) is 5.91 Å². The molecule has 3 nitrogen and oxygen atoms in total. The van der Waals surface area contributed by atoms with Crippen LogP contribution in [0, 0.1) is 34.5 Å². The lowest BCUT2D eigenvalue weighted by atomic mass is 9.45. The summed E-state index contributed by atoms with van der Waals surface area (Å²) in [6, 6.07) is 8.19. The number of carbonyl (C=O) groups excluding carboxylic acids is 1. The number of ether oxygens (including phenoxy) is 1. The second kappa shape index (κ2) is 6.90. The number of nitrogens with one attached hydrogen (secondary N) is 1. The topological polar surface area (TPSA) is 38.3 Å². The minimum Gasteiger partial charge on any atom is -0.490 e. The predicted molar refractivity (Wildman–Crippen MR) is 116 cm³/mol. The maximum atomic E-state index is 12.1. The third-order valence-electron chi connectivity index (χ3n) is 9.31. The Hall–Kier alpha value is -1.22. The Kier molecular flexibility index (Phi) is 4.70. The number of halogens is 1. The lowest BCUT2D eigenvalue weighted by Gasteiger charge is -2.61. The van der Waals surface area contributed by atoms with Gasteiger partial charge in [-0.15, -0.1) is 0 Å². The van der Waals surface area contributed by atoms with Crippen molar-refractivity contribution in [2.45, 2.75) is 77.9 Å². The van der Waals surface area contributed by atoms with Crippen molar-refractivity contribution in [2.75, 3.05) is 0 Å². The van der Waals surface area contributed by atoms with Gasteiger partial charge in [0.1, 0.15) is 5.75 Å². The number of rotatable bonds is 2. The summed E-state index contributed by atoms with van der Waals surface area (Å²) in [5.41, 5.74) is 0.648. The molecule has 1 amide bonds. The van der Waals surface area contributed by atoms with Crippen LogP contribution in [-0.4, -0.2) is 18.1 Å². The van der Waals surface area contributed by atoms with Crippen molar-refractivity contribution in [3.8, 4) is 5.75 Å². The van der Waals surface area contributed by atoms with Gasteiger partial charge in [0, 0.05) is 17.5 Å². The number of fused-ring (bicyclic) bond motifs is 5. The van der Waals surface area contributed by atoms with Crippen LogP contribution in [-0.2, 0) is 4.79 Å². The maximum Gasteiger partial charge on any atom is 0.220 e. The highest BCUT2D eigenvalue weighted by Crippen LogP contribution is 2.65. The summed E-state index contributed by atoms with van der Waals surface area (Å²) in [5.74, 6) is 4.07. The molecule has 0 aromatic heterocycles. The van der Waals surface area contributed by atoms with E-state index in [0.717, 1.165) is 54.2 Å². The second-order valence-corrected chi connectivity index (χ2v) is 11.4. The van der Waals surface area contributed by atoms with E-state index < -0.39 is 0 Å². The van der Waals surface area contributed by atoms with E-state index in [1.165, 1.54) is 12.8 Å². The number of carbonyl (C=O) groups is 1. The number of hydrogen-bond donors (Lipinski definition) is 1. The highest BCUT2D eigenvalue weighted by atomic mass is 35.5. The Labute approximate surface area is 179 Å². The fraction of sp³-hybridized carbons (Fsp3) is 0.720. The van der Waals surface area contributed by atoms with Gasteiger partial charge >= 0.3 is 0 Å². The zero-order valence-corrected chi connectivity index (χ0v) is 18.7. The third kappa shape index (κ3) is 3.19. The van der Waals surface area contributed by atoms with Crippen LogP contribution in [0.15, 0.2) is 24.3 Å². The van der Waals surface area contributed by atoms with E-state index in [1.807, 2.05) is 24.3 Å². The minimum atomic E-state index is 0.260. The normalized spacial score (nSPS) is 46.3. The maximum absolute atomic E-state index is 12.1. The summed E-state index contributed by atoms with van der Waals surface area (Å²) in [4.78, 5) is 12.1. The number of benzene rings is 1. The lowest BCUT2D eigenvalue weighted by Crippen LogP contribution is -2.62. The van der Waals surface area contributed by atoms with Crippen molar-refractivity contribution in [2.24, 2.45) is 34.5 Å². The molecule has 3 saturated carbocycles. The van der Waals surface area contributed by atoms with E-state index in [9.17, 15) is 4.79 Å². The second-order valence-electron chi connectivity index (χ2n) is 11.0. The van der Waals surface area contributed by atoms with E-state index in [0.29, 0.717) is 29.9 Å². The molecule has 4 heteroatoms. The van der Waals surface area contributed by atoms with Crippen molar-refractivity contribution in [1.82, 2.24) is 5.32 Å². The van der Waals surface area contributed by atoms with Gasteiger partial charge in [-0.25, -0.2) is 0 Å². The van der Waals surface area contributed by atoms with Crippen LogP contribution in [0.4, 0.5) is 0 Å². The molecule has 0 radical (unpaired) electrons. The van der Waals surface area contributed by atoms with Gasteiger partial charge in [-0.2, -0.15) is 0 Å². The molecule has 158 valence electrons. The molecule has 1 N–H and O–H groups in total. The summed E-state index contributed by atoms with van der Waals surface area (Å²) in [6.45, 7) is 7.43. The van der Waals surface area contributed by atoms with Gasteiger partial charge in [-0.05, 0) is 97.3 Å². The van der Waals surface area contributed by atoms with E-state index in [2.05, 4.69) is 26.1 Å². The van der Waals surface area contributed by atoms with Gasteiger partial charge in [0.15, 0.2) is 0 Å². The summed E-state index contributed by atoms with van der Waals surface area (Å²) in [7, 11) is 0. The number of piperidine rings is 1. The van der Waals surface area contributed by atoms with Crippen molar-refractivity contribution in [3.05, 3.63) is 29.3 Å². The first-order valence-corrected chi connectivity index (χ1v) is 11.9. The summed E-state index contributed by atoms with van der Waals surface area (Å²) in [5, 5.41) is 4.12. The van der Waals surface area contributed by atoms with Crippen LogP contribution in [0.5, 0.6) is 5.75 Å². The van der Waals surface area contributed by atoms with Crippen molar-refractivity contribution >= 4 is 17.5 Å². The Morgan fingerprint density at radius 3 is 2.62 bits per heavy atom. The third-order valence-corrected chi connectivity index (χ3v) is 9.56. The fourth-order valence-corrected chi connectivity index (χ4v) is 7.96. The van der Waals surface area contributed by atoms with Crippen molar-refractivity contribution in [3.63, 3.8) is 0 Å². The molecule has 4 aliphatic rings. The quantitative estimate of drug-likeness (QED) is 0.657. The molecule has 1 aliphatic heterocycles. The van der Waals surface area contributed by atoms with Crippen molar-refractivity contribution in [1.29, 1.82) is 0 Å². The molecule has 5 rings (SSSR count). The first kappa shape index (κ1) is 19.7. The summed E-state index contributed by atoms with van der Waals surface area (Å²) < 4.78 is 6.43. The fourth-order valence-electron chi connectivity index (χ4n) is 7.84. The van der Waals surface area contributed by atoms with Crippen LogP contribution < -0.4 is 10.1 Å². The van der Waals surface area contributed by atoms with Crippen LogP contribution in [0.3, 0.4) is 0 Å². The molecule has 1 heterocycles. The zero-order chi connectivity index (χ0) is 20.4. The van der Waals surface area contributed by atoms with E-state index in [4.69, 9.17) is 16.3 Å². The number of hydrogen-bond acceptors (Lipinski definition) is 2.